The summed E-state index contributed by atoms with van der Waals surface area (Å²) in [5, 5.41) is 9.58. The summed E-state index contributed by atoms with van der Waals surface area (Å²) in [6.45, 7) is 7.96. The first-order chi connectivity index (χ1) is 11.8. The van der Waals surface area contributed by atoms with Crippen LogP contribution in [0.25, 0.3) is 0 Å². The van der Waals surface area contributed by atoms with E-state index in [1.54, 1.807) is 13.0 Å². The van der Waals surface area contributed by atoms with Gasteiger partial charge in [0.25, 0.3) is 5.79 Å². The molecule has 2 heterocycles. The van der Waals surface area contributed by atoms with Crippen LogP contribution < -0.4 is 0 Å². The van der Waals surface area contributed by atoms with Gasteiger partial charge in [-0.2, -0.15) is 4.89 Å². The molecule has 1 aliphatic carbocycles. The highest BCUT2D eigenvalue weighted by Crippen LogP contribution is 2.45. The second-order valence-electron chi connectivity index (χ2n) is 7.79. The fourth-order valence-corrected chi connectivity index (χ4v) is 3.90. The lowest BCUT2D eigenvalue weighted by atomic mass is 9.91. The van der Waals surface area contributed by atoms with E-state index >= 15 is 0 Å². The fourth-order valence-electron chi connectivity index (χ4n) is 3.90. The van der Waals surface area contributed by atoms with Crippen molar-refractivity contribution in [3.63, 3.8) is 0 Å². The van der Waals surface area contributed by atoms with Gasteiger partial charge in [-0.3, -0.25) is 0 Å². The summed E-state index contributed by atoms with van der Waals surface area (Å²) >= 11 is 0. The van der Waals surface area contributed by atoms with E-state index in [1.165, 1.54) is 5.57 Å². The Morgan fingerprint density at radius 2 is 1.96 bits per heavy atom. The number of epoxide rings is 1. The number of hydrogen-bond donors (Lipinski definition) is 1. The molecule has 5 nitrogen and oxygen atoms in total. The van der Waals surface area contributed by atoms with Crippen molar-refractivity contribution in [1.82, 2.24) is 0 Å². The number of fused-ring (bicyclic) bond motifs is 2. The molecule has 1 fully saturated rings. The van der Waals surface area contributed by atoms with Gasteiger partial charge in [0, 0.05) is 11.1 Å². The number of hydrogen-bond acceptors (Lipinski definition) is 5. The van der Waals surface area contributed by atoms with Crippen LogP contribution in [0.5, 0.6) is 0 Å². The van der Waals surface area contributed by atoms with Crippen LogP contribution in [0.4, 0.5) is 0 Å². The van der Waals surface area contributed by atoms with Crippen LogP contribution in [-0.4, -0.2) is 28.7 Å². The molecule has 1 N–H and O–H groups in total. The molecule has 0 spiro atoms. The van der Waals surface area contributed by atoms with Gasteiger partial charge >= 0.3 is 5.97 Å². The van der Waals surface area contributed by atoms with Crippen LogP contribution in [0.1, 0.15) is 66.2 Å². The van der Waals surface area contributed by atoms with Crippen molar-refractivity contribution in [3.05, 3.63) is 34.4 Å². The van der Waals surface area contributed by atoms with E-state index in [9.17, 15) is 10.1 Å². The predicted molar refractivity (Wildman–Crippen MR) is 93.7 cm³/mol. The summed E-state index contributed by atoms with van der Waals surface area (Å²) < 4.78 is 11.3. The van der Waals surface area contributed by atoms with Crippen LogP contribution in [-0.2, 0) is 19.2 Å². The Morgan fingerprint density at radius 1 is 1.20 bits per heavy atom. The molecule has 0 aromatic carbocycles. The van der Waals surface area contributed by atoms with E-state index in [1.807, 2.05) is 6.92 Å². The molecule has 5 heteroatoms. The van der Waals surface area contributed by atoms with Crippen LogP contribution in [0.15, 0.2) is 34.4 Å². The minimum absolute atomic E-state index is 0.0200. The van der Waals surface area contributed by atoms with E-state index in [0.717, 1.165) is 37.7 Å². The maximum Gasteiger partial charge on any atom is 0.337 e. The zero-order valence-electron chi connectivity index (χ0n) is 15.6. The summed E-state index contributed by atoms with van der Waals surface area (Å²) in [5.41, 5.74) is 3.47. The van der Waals surface area contributed by atoms with Gasteiger partial charge in [0.05, 0.1) is 11.7 Å². The quantitative estimate of drug-likeness (QED) is 0.249. The van der Waals surface area contributed by atoms with Gasteiger partial charge in [-0.1, -0.05) is 17.2 Å². The second kappa shape index (κ2) is 6.71. The molecular formula is C20H28O5. The Hall–Kier alpha value is -1.43. The van der Waals surface area contributed by atoms with Gasteiger partial charge in [-0.25, -0.2) is 10.1 Å². The summed E-state index contributed by atoms with van der Waals surface area (Å²) in [6.07, 6.45) is 9.39. The Kier molecular flexibility index (Phi) is 4.93. The van der Waals surface area contributed by atoms with Gasteiger partial charge in [-0.15, -0.1) is 0 Å². The van der Waals surface area contributed by atoms with Gasteiger partial charge in [0.2, 0.25) is 0 Å². The minimum atomic E-state index is -1.48. The molecule has 3 atom stereocenters. The Morgan fingerprint density at radius 3 is 2.68 bits per heavy atom. The largest absolute Gasteiger partial charge is 0.419 e. The van der Waals surface area contributed by atoms with Crippen LogP contribution >= 0.6 is 0 Å². The van der Waals surface area contributed by atoms with Crippen LogP contribution in [0.3, 0.4) is 0 Å². The third-order valence-corrected chi connectivity index (χ3v) is 5.73. The van der Waals surface area contributed by atoms with Crippen molar-refractivity contribution < 1.29 is 24.4 Å². The first kappa shape index (κ1) is 18.4. The summed E-state index contributed by atoms with van der Waals surface area (Å²) in [5.74, 6) is -1.92. The lowest BCUT2D eigenvalue weighted by Crippen LogP contribution is -2.33. The molecule has 3 rings (SSSR count). The van der Waals surface area contributed by atoms with Gasteiger partial charge in [0.1, 0.15) is 0 Å². The summed E-state index contributed by atoms with van der Waals surface area (Å²) in [6, 6.07) is 0. The third-order valence-electron chi connectivity index (χ3n) is 5.73. The molecular weight excluding hydrogens is 320 g/mol. The van der Waals surface area contributed by atoms with Crippen molar-refractivity contribution >= 4 is 5.97 Å². The number of carbonyl (C=O) groups excluding carboxylic acids is 1. The highest BCUT2D eigenvalue weighted by atomic mass is 17.1. The molecule has 0 radical (unpaired) electrons. The lowest BCUT2D eigenvalue weighted by molar-refractivity contribution is -0.355. The molecule has 0 bridgehead atoms. The maximum absolute atomic E-state index is 12.1. The molecule has 0 aromatic heterocycles. The first-order valence-corrected chi connectivity index (χ1v) is 9.07. The van der Waals surface area contributed by atoms with Gasteiger partial charge in [-0.05, 0) is 72.3 Å². The lowest BCUT2D eigenvalue weighted by Gasteiger charge is -2.25. The average Bonchev–Trinajstić information content (AvgIpc) is 3.14. The van der Waals surface area contributed by atoms with E-state index < -0.39 is 11.8 Å². The first-order valence-electron chi connectivity index (χ1n) is 9.07. The summed E-state index contributed by atoms with van der Waals surface area (Å²) in [7, 11) is 0. The van der Waals surface area contributed by atoms with Crippen molar-refractivity contribution in [2.45, 2.75) is 83.7 Å². The number of esters is 1. The van der Waals surface area contributed by atoms with Crippen molar-refractivity contribution in [2.75, 3.05) is 0 Å². The van der Waals surface area contributed by atoms with E-state index in [2.05, 4.69) is 19.9 Å². The predicted octanol–water partition coefficient (Wildman–Crippen LogP) is 4.45. The molecule has 0 aromatic rings. The topological polar surface area (TPSA) is 68.3 Å². The van der Waals surface area contributed by atoms with Crippen molar-refractivity contribution in [1.29, 1.82) is 0 Å². The highest BCUT2D eigenvalue weighted by molar-refractivity contribution is 5.92. The molecule has 138 valence electrons. The Balaban J connectivity index is 1.91. The number of ether oxygens (including phenoxy) is 2. The van der Waals surface area contributed by atoms with Crippen molar-refractivity contribution in [3.8, 4) is 0 Å². The fraction of sp³-hybridized carbons (Fsp3) is 0.650. The summed E-state index contributed by atoms with van der Waals surface area (Å²) in [4.78, 5) is 16.8. The zero-order chi connectivity index (χ0) is 18.2. The molecule has 0 saturated carbocycles. The number of carbonyl (C=O) groups is 1. The van der Waals surface area contributed by atoms with Gasteiger partial charge in [0.15, 0.2) is 0 Å². The molecule has 1 unspecified atom stereocenters. The van der Waals surface area contributed by atoms with Crippen molar-refractivity contribution in [2.24, 2.45) is 0 Å². The molecule has 25 heavy (non-hydrogen) atoms. The molecule has 3 aliphatic rings. The standard InChI is InChI=1S/C20H28O5/c1-13-6-5-11-19(4)17(23-19)10-8-14(2)12-20(25-22)16(9-7-13)15(3)18(21)24-20/h6,12,17,22H,5,7-11H2,1-4H3/b13-6+,14-12+/t17-,19-,20?/m1/s1. The van der Waals surface area contributed by atoms with E-state index in [0.29, 0.717) is 17.6 Å². The maximum atomic E-state index is 12.1. The number of rotatable bonds is 1. The molecule has 1 saturated heterocycles. The van der Waals surface area contributed by atoms with Crippen LogP contribution in [0.2, 0.25) is 0 Å². The number of allylic oxidation sites excluding steroid dienone is 3. The molecule has 2 aliphatic heterocycles. The molecule has 0 amide bonds. The van der Waals surface area contributed by atoms with E-state index in [4.69, 9.17) is 14.4 Å². The van der Waals surface area contributed by atoms with Crippen LogP contribution in [0, 0.1) is 0 Å². The smallest absolute Gasteiger partial charge is 0.337 e. The SMILES string of the molecule is CC1=C2CC/C(C)=C/CC[C@@]3(C)O[C@@H]3CC/C(C)=C/C2(OO)OC1=O. The Labute approximate surface area is 149 Å². The Bertz CT molecular complexity index is 659. The zero-order valence-corrected chi connectivity index (χ0v) is 15.6. The third kappa shape index (κ3) is 3.59. The highest BCUT2D eigenvalue weighted by Gasteiger charge is 2.51. The van der Waals surface area contributed by atoms with Gasteiger partial charge < -0.3 is 9.47 Å². The second-order valence-corrected chi connectivity index (χ2v) is 7.79. The average molecular weight is 348 g/mol. The van der Waals surface area contributed by atoms with E-state index in [-0.39, 0.29) is 11.7 Å². The minimum Gasteiger partial charge on any atom is -0.419 e. The monoisotopic (exact) mass is 348 g/mol. The normalized spacial score (nSPS) is 40.8.